The van der Waals surface area contributed by atoms with Crippen molar-refractivity contribution in [1.82, 2.24) is 10.3 Å². The van der Waals surface area contributed by atoms with Gasteiger partial charge in [0.1, 0.15) is 11.6 Å². The quantitative estimate of drug-likeness (QED) is 0.914. The Morgan fingerprint density at radius 1 is 1.29 bits per heavy atom. The minimum Gasteiger partial charge on any atom is -0.468 e. The normalized spacial score (nSPS) is 17.9. The van der Waals surface area contributed by atoms with E-state index in [0.717, 1.165) is 43.9 Å². The number of aromatic nitrogens is 1. The molecule has 0 radical (unpaired) electrons. The second-order valence-electron chi connectivity index (χ2n) is 5.59. The van der Waals surface area contributed by atoms with Crippen LogP contribution in [0.3, 0.4) is 0 Å². The average Bonchev–Trinajstić information content (AvgIpc) is 3.08. The van der Waals surface area contributed by atoms with Crippen molar-refractivity contribution in [3.63, 3.8) is 0 Å². The van der Waals surface area contributed by atoms with Crippen molar-refractivity contribution in [2.45, 2.75) is 38.3 Å². The monoisotopic (exact) mass is 285 g/mol. The largest absolute Gasteiger partial charge is 0.468 e. The number of anilines is 1. The number of rotatable bonds is 5. The van der Waals surface area contributed by atoms with Crippen LogP contribution in [0.25, 0.3) is 0 Å². The molecular formula is C17H23N3O. The Balaban J connectivity index is 1.54. The smallest absolute Gasteiger partial charge is 0.128 e. The van der Waals surface area contributed by atoms with Crippen LogP contribution in [-0.4, -0.2) is 24.1 Å². The third-order valence-electron chi connectivity index (χ3n) is 4.20. The Hall–Kier alpha value is -1.81. The summed E-state index contributed by atoms with van der Waals surface area (Å²) in [7, 11) is 0. The Kier molecular flexibility index (Phi) is 4.55. The van der Waals surface area contributed by atoms with Gasteiger partial charge in [-0.05, 0) is 43.5 Å². The van der Waals surface area contributed by atoms with Crippen molar-refractivity contribution >= 4 is 5.82 Å². The fourth-order valence-corrected chi connectivity index (χ4v) is 2.99. The van der Waals surface area contributed by atoms with Crippen LogP contribution < -0.4 is 10.2 Å². The summed E-state index contributed by atoms with van der Waals surface area (Å²) >= 11 is 0. The van der Waals surface area contributed by atoms with Gasteiger partial charge < -0.3 is 14.6 Å². The van der Waals surface area contributed by atoms with E-state index in [2.05, 4.69) is 40.3 Å². The molecule has 1 N–H and O–H groups in total. The summed E-state index contributed by atoms with van der Waals surface area (Å²) in [6, 6.07) is 11.0. The molecule has 1 unspecified atom stereocenters. The number of piperidine rings is 1. The molecule has 1 aliphatic heterocycles. The van der Waals surface area contributed by atoms with Crippen molar-refractivity contribution in [3.8, 4) is 0 Å². The zero-order valence-corrected chi connectivity index (χ0v) is 12.5. The van der Waals surface area contributed by atoms with Crippen LogP contribution in [0.1, 0.15) is 38.0 Å². The van der Waals surface area contributed by atoms with Gasteiger partial charge in [-0.25, -0.2) is 4.98 Å². The van der Waals surface area contributed by atoms with E-state index in [1.54, 1.807) is 6.26 Å². The first-order valence-corrected chi connectivity index (χ1v) is 7.82. The van der Waals surface area contributed by atoms with Gasteiger partial charge in [0, 0.05) is 25.3 Å². The van der Waals surface area contributed by atoms with E-state index in [4.69, 9.17) is 4.42 Å². The lowest BCUT2D eigenvalue weighted by Gasteiger charge is -2.34. The molecule has 0 bridgehead atoms. The van der Waals surface area contributed by atoms with E-state index in [0.29, 0.717) is 12.1 Å². The molecular weight excluding hydrogens is 262 g/mol. The highest BCUT2D eigenvalue weighted by Crippen LogP contribution is 2.22. The highest BCUT2D eigenvalue weighted by molar-refractivity contribution is 5.38. The molecule has 0 amide bonds. The molecule has 112 valence electrons. The van der Waals surface area contributed by atoms with Crippen LogP contribution in [-0.2, 0) is 0 Å². The van der Waals surface area contributed by atoms with Crippen molar-refractivity contribution < 1.29 is 4.42 Å². The maximum Gasteiger partial charge on any atom is 0.128 e. The number of furan rings is 1. The first-order chi connectivity index (χ1) is 10.4. The van der Waals surface area contributed by atoms with Crippen LogP contribution in [0.15, 0.2) is 47.2 Å². The topological polar surface area (TPSA) is 41.3 Å². The Bertz CT molecular complexity index is 518. The molecule has 3 rings (SSSR count). The van der Waals surface area contributed by atoms with Gasteiger partial charge in [-0.2, -0.15) is 0 Å². The number of nitrogens with one attached hydrogen (secondary N) is 1. The van der Waals surface area contributed by atoms with Crippen LogP contribution in [0.5, 0.6) is 0 Å². The minimum atomic E-state index is 0.325. The van der Waals surface area contributed by atoms with Crippen molar-refractivity contribution in [3.05, 3.63) is 48.6 Å². The summed E-state index contributed by atoms with van der Waals surface area (Å²) in [5.41, 5.74) is 0. The van der Waals surface area contributed by atoms with Crippen molar-refractivity contribution in [2.24, 2.45) is 0 Å². The maximum atomic E-state index is 5.54. The molecule has 1 aliphatic rings. The van der Waals surface area contributed by atoms with Crippen molar-refractivity contribution in [1.29, 1.82) is 0 Å². The third-order valence-corrected chi connectivity index (χ3v) is 4.20. The number of pyridine rings is 1. The van der Waals surface area contributed by atoms with Gasteiger partial charge in [0.25, 0.3) is 0 Å². The standard InChI is InChI=1S/C17H23N3O/c1-2-15(16-6-5-13-21-16)19-14-8-11-20(12-9-14)17-7-3-4-10-18-17/h3-7,10,13-15,19H,2,8-9,11-12H2,1H3. The Morgan fingerprint density at radius 3 is 2.76 bits per heavy atom. The lowest BCUT2D eigenvalue weighted by molar-refractivity contribution is 0.328. The zero-order valence-electron chi connectivity index (χ0n) is 12.5. The lowest BCUT2D eigenvalue weighted by Crippen LogP contribution is -2.43. The van der Waals surface area contributed by atoms with E-state index in [1.165, 1.54) is 0 Å². The number of nitrogens with zero attached hydrogens (tertiary/aromatic N) is 2. The predicted molar refractivity (Wildman–Crippen MR) is 84.3 cm³/mol. The molecule has 1 fully saturated rings. The van der Waals surface area contributed by atoms with E-state index < -0.39 is 0 Å². The molecule has 0 spiro atoms. The molecule has 0 aliphatic carbocycles. The molecule has 4 heteroatoms. The van der Waals surface area contributed by atoms with Crippen molar-refractivity contribution in [2.75, 3.05) is 18.0 Å². The molecule has 1 atom stereocenters. The fourth-order valence-electron chi connectivity index (χ4n) is 2.99. The van der Waals surface area contributed by atoms with Gasteiger partial charge in [-0.15, -0.1) is 0 Å². The zero-order chi connectivity index (χ0) is 14.5. The molecule has 4 nitrogen and oxygen atoms in total. The molecule has 0 aromatic carbocycles. The molecule has 1 saturated heterocycles. The first-order valence-electron chi connectivity index (χ1n) is 7.82. The highest BCUT2D eigenvalue weighted by Gasteiger charge is 2.23. The summed E-state index contributed by atoms with van der Waals surface area (Å²) < 4.78 is 5.54. The maximum absolute atomic E-state index is 5.54. The van der Waals surface area contributed by atoms with Gasteiger partial charge in [-0.3, -0.25) is 0 Å². The summed E-state index contributed by atoms with van der Waals surface area (Å²) in [5, 5.41) is 3.74. The molecule has 2 aromatic heterocycles. The van der Waals surface area contributed by atoms with Gasteiger partial charge in [0.15, 0.2) is 0 Å². The van der Waals surface area contributed by atoms with Gasteiger partial charge >= 0.3 is 0 Å². The minimum absolute atomic E-state index is 0.325. The van der Waals surface area contributed by atoms with Gasteiger partial charge in [0.2, 0.25) is 0 Å². The lowest BCUT2D eigenvalue weighted by atomic mass is 10.0. The predicted octanol–water partition coefficient (Wildman–Crippen LogP) is 3.38. The van der Waals surface area contributed by atoms with Crippen LogP contribution in [0, 0.1) is 0 Å². The van der Waals surface area contributed by atoms with Gasteiger partial charge in [0.05, 0.1) is 12.3 Å². The third kappa shape index (κ3) is 3.45. The second-order valence-corrected chi connectivity index (χ2v) is 5.59. The van der Waals surface area contributed by atoms with Crippen LogP contribution >= 0.6 is 0 Å². The second kappa shape index (κ2) is 6.76. The summed E-state index contributed by atoms with van der Waals surface area (Å²) in [4.78, 5) is 6.80. The van der Waals surface area contributed by atoms with Gasteiger partial charge in [-0.1, -0.05) is 13.0 Å². The SMILES string of the molecule is CCC(NC1CCN(c2ccccn2)CC1)c1ccco1. The van der Waals surface area contributed by atoms with E-state index in [9.17, 15) is 0 Å². The average molecular weight is 285 g/mol. The summed E-state index contributed by atoms with van der Waals surface area (Å²) in [5.74, 6) is 2.14. The summed E-state index contributed by atoms with van der Waals surface area (Å²) in [6.07, 6.45) is 6.96. The Labute approximate surface area is 126 Å². The highest BCUT2D eigenvalue weighted by atomic mass is 16.3. The number of hydrogen-bond acceptors (Lipinski definition) is 4. The number of hydrogen-bond donors (Lipinski definition) is 1. The molecule has 3 heterocycles. The molecule has 0 saturated carbocycles. The molecule has 2 aromatic rings. The first kappa shape index (κ1) is 14.1. The summed E-state index contributed by atoms with van der Waals surface area (Å²) in [6.45, 7) is 4.32. The molecule has 21 heavy (non-hydrogen) atoms. The van der Waals surface area contributed by atoms with Crippen LogP contribution in [0.4, 0.5) is 5.82 Å². The van der Waals surface area contributed by atoms with E-state index in [1.807, 2.05) is 18.3 Å². The van der Waals surface area contributed by atoms with Crippen LogP contribution in [0.2, 0.25) is 0 Å². The fraction of sp³-hybridized carbons (Fsp3) is 0.471. The van der Waals surface area contributed by atoms with E-state index in [-0.39, 0.29) is 0 Å². The van der Waals surface area contributed by atoms with E-state index >= 15 is 0 Å². The Morgan fingerprint density at radius 2 is 2.14 bits per heavy atom.